The topological polar surface area (TPSA) is 74.7 Å². The Kier molecular flexibility index (Phi) is 4.15. The Balaban J connectivity index is 2.22. The Labute approximate surface area is 119 Å². The predicted molar refractivity (Wildman–Crippen MR) is 75.9 cm³/mol. The highest BCUT2D eigenvalue weighted by molar-refractivity contribution is 7.88. The molecule has 1 fully saturated rings. The van der Waals surface area contributed by atoms with Gasteiger partial charge in [-0.3, -0.25) is 4.79 Å². The highest BCUT2D eigenvalue weighted by atomic mass is 32.2. The molecule has 1 aromatic carbocycles. The Hall–Kier alpha value is -1.40. The van der Waals surface area contributed by atoms with Crippen LogP contribution in [0.3, 0.4) is 0 Å². The number of carboxylic acids is 1. The number of benzene rings is 1. The molecule has 0 aromatic heterocycles. The van der Waals surface area contributed by atoms with E-state index in [1.807, 2.05) is 26.0 Å². The van der Waals surface area contributed by atoms with Gasteiger partial charge >= 0.3 is 5.97 Å². The first-order valence-electron chi connectivity index (χ1n) is 6.60. The highest BCUT2D eigenvalue weighted by Gasteiger charge is 2.38. The molecule has 0 bridgehead atoms. The first kappa shape index (κ1) is 15.0. The van der Waals surface area contributed by atoms with Crippen molar-refractivity contribution in [1.29, 1.82) is 0 Å². The molecule has 0 unspecified atom stereocenters. The number of hydrogen-bond acceptors (Lipinski definition) is 3. The van der Waals surface area contributed by atoms with Crippen molar-refractivity contribution < 1.29 is 18.3 Å². The molecule has 1 atom stereocenters. The summed E-state index contributed by atoms with van der Waals surface area (Å²) in [5.74, 6) is -1.20. The van der Waals surface area contributed by atoms with Crippen LogP contribution in [0.5, 0.6) is 0 Å². The lowest BCUT2D eigenvalue weighted by atomic mass is 10.1. The van der Waals surface area contributed by atoms with E-state index < -0.39 is 22.0 Å². The molecule has 1 aliphatic heterocycles. The standard InChI is InChI=1S/C14H19NO4S/c1-10-5-6-12(8-11(10)2)9-20(18,19)15-7-3-4-13(15)14(16)17/h5-6,8,13H,3-4,7,9H2,1-2H3,(H,16,17)/t13-/m1/s1. The largest absolute Gasteiger partial charge is 0.480 e. The minimum Gasteiger partial charge on any atom is -0.480 e. The van der Waals surface area contributed by atoms with Crippen molar-refractivity contribution in [2.75, 3.05) is 6.54 Å². The number of sulfonamides is 1. The fraction of sp³-hybridized carbons (Fsp3) is 0.500. The molecule has 1 aliphatic rings. The second-order valence-electron chi connectivity index (χ2n) is 5.28. The quantitative estimate of drug-likeness (QED) is 0.917. The molecule has 0 amide bonds. The van der Waals surface area contributed by atoms with Gasteiger partial charge in [-0.05, 0) is 43.4 Å². The summed E-state index contributed by atoms with van der Waals surface area (Å²) in [5.41, 5.74) is 2.84. The highest BCUT2D eigenvalue weighted by Crippen LogP contribution is 2.24. The number of hydrogen-bond donors (Lipinski definition) is 1. The zero-order chi connectivity index (χ0) is 14.9. The van der Waals surface area contributed by atoms with E-state index >= 15 is 0 Å². The van der Waals surface area contributed by atoms with E-state index in [0.717, 1.165) is 15.4 Å². The summed E-state index contributed by atoms with van der Waals surface area (Å²) in [6.45, 7) is 4.19. The van der Waals surface area contributed by atoms with Gasteiger partial charge in [0.25, 0.3) is 0 Å². The normalized spacial score (nSPS) is 20.2. The van der Waals surface area contributed by atoms with Gasteiger partial charge in [-0.2, -0.15) is 4.31 Å². The van der Waals surface area contributed by atoms with E-state index in [1.165, 1.54) is 0 Å². The first-order valence-corrected chi connectivity index (χ1v) is 8.20. The van der Waals surface area contributed by atoms with Crippen LogP contribution in [-0.4, -0.2) is 36.4 Å². The van der Waals surface area contributed by atoms with Gasteiger partial charge in [0.05, 0.1) is 5.75 Å². The van der Waals surface area contributed by atoms with Crippen LogP contribution in [0.4, 0.5) is 0 Å². The molecular formula is C14H19NO4S. The van der Waals surface area contributed by atoms with Crippen LogP contribution in [0.1, 0.15) is 29.5 Å². The molecule has 0 radical (unpaired) electrons. The summed E-state index contributed by atoms with van der Waals surface area (Å²) in [5, 5.41) is 9.09. The summed E-state index contributed by atoms with van der Waals surface area (Å²) in [6, 6.07) is 4.61. The Morgan fingerprint density at radius 2 is 2.05 bits per heavy atom. The van der Waals surface area contributed by atoms with E-state index in [1.54, 1.807) is 6.07 Å². The average Bonchev–Trinajstić information content (AvgIpc) is 2.83. The monoisotopic (exact) mass is 297 g/mol. The van der Waals surface area contributed by atoms with Crippen LogP contribution in [0, 0.1) is 13.8 Å². The van der Waals surface area contributed by atoms with Crippen molar-refractivity contribution in [3.8, 4) is 0 Å². The van der Waals surface area contributed by atoms with Gasteiger partial charge in [0.1, 0.15) is 6.04 Å². The van der Waals surface area contributed by atoms with Gasteiger partial charge in [-0.15, -0.1) is 0 Å². The summed E-state index contributed by atoms with van der Waals surface area (Å²) in [6.07, 6.45) is 0.991. The van der Waals surface area contributed by atoms with Crippen molar-refractivity contribution >= 4 is 16.0 Å². The number of aliphatic carboxylic acids is 1. The Bertz CT molecular complexity index is 624. The lowest BCUT2D eigenvalue weighted by molar-refractivity contribution is -0.140. The number of carboxylic acid groups (broad SMARTS) is 1. The minimum absolute atomic E-state index is 0.141. The van der Waals surface area contributed by atoms with Gasteiger partial charge in [-0.1, -0.05) is 18.2 Å². The minimum atomic E-state index is -3.58. The lowest BCUT2D eigenvalue weighted by Crippen LogP contribution is -2.40. The second kappa shape index (κ2) is 5.54. The summed E-state index contributed by atoms with van der Waals surface area (Å²) >= 11 is 0. The van der Waals surface area contributed by atoms with Gasteiger partial charge < -0.3 is 5.11 Å². The zero-order valence-electron chi connectivity index (χ0n) is 11.7. The molecule has 20 heavy (non-hydrogen) atoms. The molecule has 0 spiro atoms. The molecule has 110 valence electrons. The second-order valence-corrected chi connectivity index (χ2v) is 7.20. The zero-order valence-corrected chi connectivity index (χ0v) is 12.5. The maximum absolute atomic E-state index is 12.4. The van der Waals surface area contributed by atoms with E-state index in [4.69, 9.17) is 5.11 Å². The third kappa shape index (κ3) is 3.02. The van der Waals surface area contributed by atoms with E-state index in [-0.39, 0.29) is 5.75 Å². The van der Waals surface area contributed by atoms with E-state index in [0.29, 0.717) is 24.9 Å². The number of nitrogens with zero attached hydrogens (tertiary/aromatic N) is 1. The molecule has 5 nitrogen and oxygen atoms in total. The third-order valence-electron chi connectivity index (χ3n) is 3.77. The number of aryl methyl sites for hydroxylation is 2. The van der Waals surface area contributed by atoms with Gasteiger partial charge in [0, 0.05) is 6.54 Å². The molecular weight excluding hydrogens is 278 g/mol. The van der Waals surface area contributed by atoms with Crippen LogP contribution >= 0.6 is 0 Å². The Morgan fingerprint density at radius 1 is 1.35 bits per heavy atom. The molecule has 6 heteroatoms. The van der Waals surface area contributed by atoms with Crippen molar-refractivity contribution in [3.05, 3.63) is 34.9 Å². The Morgan fingerprint density at radius 3 is 2.65 bits per heavy atom. The van der Waals surface area contributed by atoms with Crippen molar-refractivity contribution in [2.24, 2.45) is 0 Å². The molecule has 1 saturated heterocycles. The van der Waals surface area contributed by atoms with Gasteiger partial charge in [-0.25, -0.2) is 8.42 Å². The molecule has 2 rings (SSSR count). The molecule has 0 aliphatic carbocycles. The number of carbonyl (C=O) groups is 1. The fourth-order valence-electron chi connectivity index (χ4n) is 2.51. The van der Waals surface area contributed by atoms with Crippen LogP contribution < -0.4 is 0 Å². The summed E-state index contributed by atoms with van der Waals surface area (Å²) in [4.78, 5) is 11.1. The van der Waals surface area contributed by atoms with Crippen molar-refractivity contribution in [1.82, 2.24) is 4.31 Å². The van der Waals surface area contributed by atoms with Gasteiger partial charge in [0.15, 0.2) is 0 Å². The van der Waals surface area contributed by atoms with Crippen LogP contribution in [0.15, 0.2) is 18.2 Å². The van der Waals surface area contributed by atoms with E-state index in [2.05, 4.69) is 0 Å². The maximum atomic E-state index is 12.4. The first-order chi connectivity index (χ1) is 9.31. The SMILES string of the molecule is Cc1ccc(CS(=O)(=O)N2CCC[C@@H]2C(=O)O)cc1C. The number of rotatable bonds is 4. The molecule has 0 saturated carbocycles. The fourth-order valence-corrected chi connectivity index (χ4v) is 4.26. The maximum Gasteiger partial charge on any atom is 0.322 e. The van der Waals surface area contributed by atoms with Crippen molar-refractivity contribution in [3.63, 3.8) is 0 Å². The van der Waals surface area contributed by atoms with E-state index in [9.17, 15) is 13.2 Å². The third-order valence-corrected chi connectivity index (χ3v) is 5.62. The summed E-state index contributed by atoms with van der Waals surface area (Å²) < 4.78 is 25.9. The molecule has 1 aromatic rings. The van der Waals surface area contributed by atoms with Crippen LogP contribution in [0.2, 0.25) is 0 Å². The molecule has 1 N–H and O–H groups in total. The average molecular weight is 297 g/mol. The van der Waals surface area contributed by atoms with Gasteiger partial charge in [0.2, 0.25) is 10.0 Å². The molecule has 1 heterocycles. The lowest BCUT2D eigenvalue weighted by Gasteiger charge is -2.21. The predicted octanol–water partition coefficient (Wildman–Crippen LogP) is 1.68. The summed E-state index contributed by atoms with van der Waals surface area (Å²) in [7, 11) is -3.58. The van der Waals surface area contributed by atoms with Crippen molar-refractivity contribution in [2.45, 2.75) is 38.5 Å². The smallest absolute Gasteiger partial charge is 0.322 e. The van der Waals surface area contributed by atoms with Crippen LogP contribution in [0.25, 0.3) is 0 Å². The van der Waals surface area contributed by atoms with Crippen LogP contribution in [-0.2, 0) is 20.6 Å².